The van der Waals surface area contributed by atoms with Gasteiger partial charge in [-0.15, -0.1) is 71.3 Å². The van der Waals surface area contributed by atoms with Crippen molar-refractivity contribution in [3.63, 3.8) is 0 Å². The van der Waals surface area contributed by atoms with Crippen LogP contribution in [0.25, 0.3) is 61.1 Å². The first-order valence-corrected chi connectivity index (χ1v) is 14.7. The Morgan fingerprint density at radius 3 is 1.87 bits per heavy atom. The van der Waals surface area contributed by atoms with Gasteiger partial charge in [-0.25, -0.2) is 0 Å². The largest absolute Gasteiger partial charge is 0.309 e. The summed E-state index contributed by atoms with van der Waals surface area (Å²) >= 11 is 0. The number of pyridine rings is 2. The van der Waals surface area contributed by atoms with Crippen molar-refractivity contribution < 1.29 is 20.1 Å². The molecule has 1 radical (unpaired) electrons. The SMILES string of the molecule is Cc1cccc(-c2[c-]ccc(-c3ccc(-n4c5ccccc5c5ccccc54)cc3)c2)n1.[Ir].[c-]1ccccc1-c1ccccn1. The molecule has 3 heterocycles. The Kier molecular flexibility index (Phi) is 9.07. The molecule has 0 aliphatic rings. The first kappa shape index (κ1) is 29.9. The Balaban J connectivity index is 0.000000231. The summed E-state index contributed by atoms with van der Waals surface area (Å²) in [7, 11) is 0. The number of aromatic nitrogens is 3. The van der Waals surface area contributed by atoms with Gasteiger partial charge in [0, 0.05) is 48.5 Å². The van der Waals surface area contributed by atoms with Crippen LogP contribution in [-0.2, 0) is 20.1 Å². The molecule has 8 rings (SSSR count). The van der Waals surface area contributed by atoms with E-state index in [-0.39, 0.29) is 20.1 Å². The number of rotatable bonds is 4. The van der Waals surface area contributed by atoms with Crippen LogP contribution in [0.3, 0.4) is 0 Å². The second kappa shape index (κ2) is 13.7. The van der Waals surface area contributed by atoms with Crippen LogP contribution in [0.15, 0.2) is 158 Å². The van der Waals surface area contributed by atoms with Crippen molar-refractivity contribution in [1.82, 2.24) is 14.5 Å². The zero-order valence-electron chi connectivity index (χ0n) is 24.7. The molecule has 0 bridgehead atoms. The van der Waals surface area contributed by atoms with Gasteiger partial charge in [-0.2, -0.15) is 0 Å². The molecule has 3 aromatic heterocycles. The van der Waals surface area contributed by atoms with E-state index in [0.29, 0.717) is 0 Å². The average molecular weight is 756 g/mol. The predicted octanol–water partition coefficient (Wildman–Crippen LogP) is 10.2. The summed E-state index contributed by atoms with van der Waals surface area (Å²) in [5.74, 6) is 0. The number of para-hydroxylation sites is 2. The number of hydrogen-bond acceptors (Lipinski definition) is 2. The molecular formula is C41H29IrN3-2. The molecule has 0 saturated carbocycles. The van der Waals surface area contributed by atoms with Gasteiger partial charge in [0.1, 0.15) is 0 Å². The third kappa shape index (κ3) is 6.39. The molecule has 0 aliphatic carbocycles. The molecular weight excluding hydrogens is 727 g/mol. The van der Waals surface area contributed by atoms with E-state index in [1.165, 1.54) is 27.4 Å². The summed E-state index contributed by atoms with van der Waals surface area (Å²) in [5, 5.41) is 2.56. The number of fused-ring (bicyclic) bond motifs is 3. The van der Waals surface area contributed by atoms with Gasteiger partial charge in [0.2, 0.25) is 0 Å². The average Bonchev–Trinajstić information content (AvgIpc) is 3.44. The fourth-order valence-corrected chi connectivity index (χ4v) is 5.57. The Morgan fingerprint density at radius 2 is 1.20 bits per heavy atom. The maximum absolute atomic E-state index is 4.65. The van der Waals surface area contributed by atoms with E-state index in [1.807, 2.05) is 73.7 Å². The van der Waals surface area contributed by atoms with Crippen molar-refractivity contribution in [2.24, 2.45) is 0 Å². The first-order valence-electron chi connectivity index (χ1n) is 14.7. The fourth-order valence-electron chi connectivity index (χ4n) is 5.57. The van der Waals surface area contributed by atoms with E-state index in [4.69, 9.17) is 0 Å². The van der Waals surface area contributed by atoms with Crippen LogP contribution in [0.1, 0.15) is 5.69 Å². The van der Waals surface area contributed by atoms with E-state index < -0.39 is 0 Å². The molecule has 3 nitrogen and oxygen atoms in total. The number of benzene rings is 5. The Bertz CT molecular complexity index is 2080. The van der Waals surface area contributed by atoms with E-state index in [2.05, 4.69) is 112 Å². The van der Waals surface area contributed by atoms with Crippen molar-refractivity contribution >= 4 is 21.8 Å². The zero-order valence-corrected chi connectivity index (χ0v) is 27.1. The van der Waals surface area contributed by atoms with Crippen LogP contribution in [0, 0.1) is 19.1 Å². The summed E-state index contributed by atoms with van der Waals surface area (Å²) in [5.41, 5.74) is 10.9. The third-order valence-electron chi connectivity index (χ3n) is 7.65. The standard InChI is InChI=1S/C30H21N2.C11H8N.Ir/c1-21-8-6-13-28(31-21)24-10-7-9-23(20-24)22-16-18-25(19-17-22)32-29-14-4-2-11-26(29)27-12-3-5-15-30(27)32;1-2-6-10(7-3-1)11-8-4-5-9-12-11;/h2-9,11-20H,1H3;1-6,8-9H;/q2*-1;. The number of nitrogens with zero attached hydrogens (tertiary/aromatic N) is 3. The second-order valence-corrected chi connectivity index (χ2v) is 10.6. The zero-order chi connectivity index (χ0) is 29.7. The van der Waals surface area contributed by atoms with E-state index in [9.17, 15) is 0 Å². The Hall–Kier alpha value is -5.15. The topological polar surface area (TPSA) is 30.7 Å². The first-order chi connectivity index (χ1) is 21.7. The molecule has 0 spiro atoms. The van der Waals surface area contributed by atoms with Gasteiger partial charge in [-0.05, 0) is 60.3 Å². The van der Waals surface area contributed by atoms with Crippen LogP contribution in [0.5, 0.6) is 0 Å². The second-order valence-electron chi connectivity index (χ2n) is 10.6. The molecule has 0 N–H and O–H groups in total. The van der Waals surface area contributed by atoms with Gasteiger partial charge < -0.3 is 14.5 Å². The van der Waals surface area contributed by atoms with Gasteiger partial charge in [-0.3, -0.25) is 0 Å². The van der Waals surface area contributed by atoms with E-state index in [0.717, 1.165) is 39.5 Å². The predicted molar refractivity (Wildman–Crippen MR) is 182 cm³/mol. The maximum Gasteiger partial charge on any atom is 0.0541 e. The molecule has 0 aliphatic heterocycles. The molecule has 8 aromatic rings. The summed E-state index contributed by atoms with van der Waals surface area (Å²) in [6.07, 6.45) is 1.79. The molecule has 0 unspecified atom stereocenters. The molecule has 4 heteroatoms. The summed E-state index contributed by atoms with van der Waals surface area (Å²) in [4.78, 5) is 8.87. The van der Waals surface area contributed by atoms with E-state index in [1.54, 1.807) is 6.20 Å². The molecule has 219 valence electrons. The smallest absolute Gasteiger partial charge is 0.0541 e. The van der Waals surface area contributed by atoms with Crippen molar-refractivity contribution in [3.05, 3.63) is 176 Å². The molecule has 45 heavy (non-hydrogen) atoms. The van der Waals surface area contributed by atoms with Crippen LogP contribution in [-0.4, -0.2) is 14.5 Å². The van der Waals surface area contributed by atoms with Crippen LogP contribution >= 0.6 is 0 Å². The minimum Gasteiger partial charge on any atom is -0.309 e. The Morgan fingerprint density at radius 1 is 0.533 bits per heavy atom. The van der Waals surface area contributed by atoms with Crippen LogP contribution in [0.2, 0.25) is 0 Å². The molecule has 0 amide bonds. The van der Waals surface area contributed by atoms with Gasteiger partial charge in [0.25, 0.3) is 0 Å². The maximum atomic E-state index is 4.65. The van der Waals surface area contributed by atoms with Crippen molar-refractivity contribution in [1.29, 1.82) is 0 Å². The van der Waals surface area contributed by atoms with Crippen molar-refractivity contribution in [2.75, 3.05) is 0 Å². The monoisotopic (exact) mass is 756 g/mol. The van der Waals surface area contributed by atoms with Gasteiger partial charge in [0.15, 0.2) is 0 Å². The van der Waals surface area contributed by atoms with Crippen molar-refractivity contribution in [2.45, 2.75) is 6.92 Å². The summed E-state index contributed by atoms with van der Waals surface area (Å²) in [6.45, 7) is 2.01. The van der Waals surface area contributed by atoms with Crippen molar-refractivity contribution in [3.8, 4) is 39.3 Å². The summed E-state index contributed by atoms with van der Waals surface area (Å²) < 4.78 is 2.34. The molecule has 0 atom stereocenters. The minimum absolute atomic E-state index is 0. The molecule has 0 fully saturated rings. The minimum atomic E-state index is 0. The summed E-state index contributed by atoms with van der Waals surface area (Å²) in [6, 6.07) is 58.5. The molecule has 0 saturated heterocycles. The Labute approximate surface area is 277 Å². The quantitative estimate of drug-likeness (QED) is 0.168. The third-order valence-corrected chi connectivity index (χ3v) is 7.65. The fraction of sp³-hybridized carbons (Fsp3) is 0.0244. The number of hydrogen-bond donors (Lipinski definition) is 0. The van der Waals surface area contributed by atoms with Crippen LogP contribution in [0.4, 0.5) is 0 Å². The normalized spacial score (nSPS) is 10.6. The van der Waals surface area contributed by atoms with Gasteiger partial charge in [0.05, 0.1) is 11.0 Å². The van der Waals surface area contributed by atoms with Gasteiger partial charge in [-0.1, -0.05) is 72.8 Å². The number of aryl methyl sites for hydroxylation is 1. The van der Waals surface area contributed by atoms with Gasteiger partial charge >= 0.3 is 0 Å². The molecule has 5 aromatic carbocycles. The van der Waals surface area contributed by atoms with E-state index >= 15 is 0 Å². The van der Waals surface area contributed by atoms with Crippen LogP contribution < -0.4 is 0 Å².